The zero-order valence-corrected chi connectivity index (χ0v) is 19.8. The second-order valence-electron chi connectivity index (χ2n) is 9.38. The van der Waals surface area contributed by atoms with Crippen molar-refractivity contribution in [2.75, 3.05) is 13.2 Å². The molecule has 2 atom stereocenters. The van der Waals surface area contributed by atoms with E-state index in [9.17, 15) is 9.59 Å². The average molecular weight is 451 g/mol. The topological polar surface area (TPSA) is 73.3 Å². The third-order valence-corrected chi connectivity index (χ3v) is 11.2. The minimum atomic E-state index is -2.61. The minimum Gasteiger partial charge on any atom is -0.407 e. The maximum atomic E-state index is 12.2. The van der Waals surface area contributed by atoms with Crippen molar-refractivity contribution in [1.29, 1.82) is 0 Å². The highest BCUT2D eigenvalue weighted by atomic mass is 28.4. The molecule has 2 unspecified atom stereocenters. The minimum absolute atomic E-state index is 0.0928. The van der Waals surface area contributed by atoms with E-state index in [1.807, 2.05) is 12.1 Å². The lowest BCUT2D eigenvalue weighted by Crippen LogP contribution is -2.66. The van der Waals surface area contributed by atoms with Gasteiger partial charge in [-0.05, 0) is 21.8 Å². The molecule has 0 spiro atoms. The van der Waals surface area contributed by atoms with Crippen molar-refractivity contribution < 1.29 is 9.16 Å². The molecule has 32 heavy (non-hydrogen) atoms. The van der Waals surface area contributed by atoms with Crippen LogP contribution < -0.4 is 21.6 Å². The molecular weight excluding hydrogens is 420 g/mol. The monoisotopic (exact) mass is 450 g/mol. The second kappa shape index (κ2) is 9.01. The highest BCUT2D eigenvalue weighted by Crippen LogP contribution is 2.38. The number of rotatable bonds is 6. The number of ether oxygens (including phenoxy) is 1. The molecule has 4 rings (SSSR count). The Balaban J connectivity index is 1.62. The number of aromatic nitrogens is 2. The first-order valence-electron chi connectivity index (χ1n) is 11.0. The largest absolute Gasteiger partial charge is 0.407 e. The number of aromatic amines is 1. The summed E-state index contributed by atoms with van der Waals surface area (Å²) in [5.41, 5.74) is -0.855. The Hall–Kier alpha value is -2.74. The van der Waals surface area contributed by atoms with Crippen LogP contribution in [0.1, 0.15) is 33.4 Å². The van der Waals surface area contributed by atoms with Crippen molar-refractivity contribution in [3.63, 3.8) is 0 Å². The zero-order valence-electron chi connectivity index (χ0n) is 18.8. The van der Waals surface area contributed by atoms with E-state index in [4.69, 9.17) is 9.16 Å². The maximum Gasteiger partial charge on any atom is 0.330 e. The van der Waals surface area contributed by atoms with Crippen LogP contribution in [0.2, 0.25) is 5.04 Å². The summed E-state index contributed by atoms with van der Waals surface area (Å²) in [7, 11) is -2.61. The van der Waals surface area contributed by atoms with Crippen molar-refractivity contribution in [2.24, 2.45) is 5.92 Å². The smallest absolute Gasteiger partial charge is 0.330 e. The Kier molecular flexibility index (Phi) is 6.32. The standard InChI is InChI=1S/C25H30N2O4Si/c1-25(2,3)32(20-10-6-4-7-11-20,21-12-8-5-9-13-21)31-18-19-16-23(30-17-19)27-15-14-22(28)26-24(27)29/h4-15,19,23H,16-18H2,1-3H3,(H,26,28,29). The van der Waals surface area contributed by atoms with E-state index in [1.165, 1.54) is 27.2 Å². The molecule has 7 heteroatoms. The van der Waals surface area contributed by atoms with Crippen molar-refractivity contribution >= 4 is 18.7 Å². The van der Waals surface area contributed by atoms with Gasteiger partial charge >= 0.3 is 5.69 Å². The molecule has 2 aromatic carbocycles. The van der Waals surface area contributed by atoms with Crippen LogP contribution in [0.4, 0.5) is 0 Å². The van der Waals surface area contributed by atoms with E-state index < -0.39 is 25.8 Å². The number of nitrogens with one attached hydrogen (secondary N) is 1. The third-order valence-electron chi connectivity index (χ3n) is 6.17. The molecule has 1 aliphatic rings. The number of hydrogen-bond acceptors (Lipinski definition) is 4. The van der Waals surface area contributed by atoms with Gasteiger partial charge in [0.25, 0.3) is 13.9 Å². The van der Waals surface area contributed by atoms with Crippen LogP contribution in [-0.2, 0) is 9.16 Å². The SMILES string of the molecule is CC(C)(C)[Si](OCC1COC(n2ccc(=O)[nH]c2=O)C1)(c1ccccc1)c1ccccc1. The quantitative estimate of drug-likeness (QED) is 0.586. The summed E-state index contributed by atoms with van der Waals surface area (Å²) in [4.78, 5) is 25.8. The highest BCUT2D eigenvalue weighted by molar-refractivity contribution is 6.99. The van der Waals surface area contributed by atoms with Crippen molar-refractivity contribution in [1.82, 2.24) is 9.55 Å². The van der Waals surface area contributed by atoms with Crippen LogP contribution in [0.25, 0.3) is 0 Å². The molecule has 3 aromatic rings. The molecule has 0 radical (unpaired) electrons. The summed E-state index contributed by atoms with van der Waals surface area (Å²) >= 11 is 0. The molecule has 1 N–H and O–H groups in total. The van der Waals surface area contributed by atoms with Crippen LogP contribution in [0.15, 0.2) is 82.5 Å². The van der Waals surface area contributed by atoms with Gasteiger partial charge in [0.05, 0.1) is 6.61 Å². The lowest BCUT2D eigenvalue weighted by molar-refractivity contribution is 0.0491. The number of nitrogens with zero attached hydrogens (tertiary/aromatic N) is 1. The molecular formula is C25H30N2O4Si. The van der Waals surface area contributed by atoms with Gasteiger partial charge in [-0.2, -0.15) is 0 Å². The Labute approximate surface area is 189 Å². The fourth-order valence-corrected chi connectivity index (χ4v) is 9.28. The van der Waals surface area contributed by atoms with Crippen LogP contribution in [0.5, 0.6) is 0 Å². The maximum absolute atomic E-state index is 12.2. The first kappa shape index (κ1) is 22.5. The molecule has 1 saturated heterocycles. The average Bonchev–Trinajstić information content (AvgIpc) is 3.23. The Morgan fingerprint density at radius 1 is 1.00 bits per heavy atom. The van der Waals surface area contributed by atoms with Gasteiger partial charge in [0.1, 0.15) is 6.23 Å². The summed E-state index contributed by atoms with van der Waals surface area (Å²) in [6.07, 6.45) is 1.76. The summed E-state index contributed by atoms with van der Waals surface area (Å²) in [6, 6.07) is 22.4. The van der Waals surface area contributed by atoms with Gasteiger partial charge in [0.2, 0.25) is 0 Å². The van der Waals surface area contributed by atoms with E-state index in [0.29, 0.717) is 19.6 Å². The van der Waals surface area contributed by atoms with E-state index >= 15 is 0 Å². The van der Waals surface area contributed by atoms with Gasteiger partial charge < -0.3 is 9.16 Å². The highest BCUT2D eigenvalue weighted by Gasteiger charge is 2.50. The van der Waals surface area contributed by atoms with E-state index in [-0.39, 0.29) is 11.0 Å². The fraction of sp³-hybridized carbons (Fsp3) is 0.360. The summed E-state index contributed by atoms with van der Waals surface area (Å²) < 4.78 is 14.4. The molecule has 1 aromatic heterocycles. The first-order chi connectivity index (χ1) is 15.3. The van der Waals surface area contributed by atoms with Crippen LogP contribution in [0, 0.1) is 5.92 Å². The summed E-state index contributed by atoms with van der Waals surface area (Å²) in [6.45, 7) is 7.82. The zero-order chi connectivity index (χ0) is 22.8. The summed E-state index contributed by atoms with van der Waals surface area (Å²) in [5, 5.41) is 2.39. The Morgan fingerprint density at radius 2 is 1.59 bits per heavy atom. The number of benzene rings is 2. The van der Waals surface area contributed by atoms with Gasteiger partial charge in [0.15, 0.2) is 0 Å². The van der Waals surface area contributed by atoms with Crippen molar-refractivity contribution in [2.45, 2.75) is 38.5 Å². The van der Waals surface area contributed by atoms with Crippen LogP contribution >= 0.6 is 0 Å². The molecule has 0 aliphatic carbocycles. The molecule has 0 bridgehead atoms. The molecule has 0 amide bonds. The summed E-state index contributed by atoms with van der Waals surface area (Å²) in [5.74, 6) is 0.153. The molecule has 1 fully saturated rings. The molecule has 1 aliphatic heterocycles. The Bertz CT molecular complexity index is 1110. The lowest BCUT2D eigenvalue weighted by atomic mass is 10.1. The lowest BCUT2D eigenvalue weighted by Gasteiger charge is -2.43. The van der Waals surface area contributed by atoms with Gasteiger partial charge in [-0.25, -0.2) is 4.79 Å². The second-order valence-corrected chi connectivity index (χ2v) is 13.7. The number of hydrogen-bond donors (Lipinski definition) is 1. The van der Waals surface area contributed by atoms with Gasteiger partial charge in [0, 0.05) is 24.8 Å². The van der Waals surface area contributed by atoms with E-state index in [0.717, 1.165) is 0 Å². The molecule has 6 nitrogen and oxygen atoms in total. The predicted octanol–water partition coefficient (Wildman–Crippen LogP) is 2.65. The van der Waals surface area contributed by atoms with Crippen molar-refractivity contribution in [3.05, 3.63) is 93.8 Å². The fourth-order valence-electron chi connectivity index (χ4n) is 4.64. The first-order valence-corrected chi connectivity index (χ1v) is 12.9. The molecule has 0 saturated carbocycles. The molecule has 2 heterocycles. The van der Waals surface area contributed by atoms with E-state index in [1.54, 1.807) is 0 Å². The Morgan fingerprint density at radius 3 is 2.12 bits per heavy atom. The van der Waals surface area contributed by atoms with Crippen LogP contribution in [0.3, 0.4) is 0 Å². The predicted molar refractivity (Wildman–Crippen MR) is 128 cm³/mol. The normalized spacial score (nSPS) is 19.2. The van der Waals surface area contributed by atoms with E-state index in [2.05, 4.69) is 74.3 Å². The molecule has 168 valence electrons. The van der Waals surface area contributed by atoms with Gasteiger partial charge in [-0.1, -0.05) is 81.4 Å². The van der Waals surface area contributed by atoms with Gasteiger partial charge in [-0.3, -0.25) is 14.3 Å². The third kappa shape index (κ3) is 4.28. The van der Waals surface area contributed by atoms with Gasteiger partial charge in [-0.15, -0.1) is 0 Å². The van der Waals surface area contributed by atoms with Crippen molar-refractivity contribution in [3.8, 4) is 0 Å². The van der Waals surface area contributed by atoms with Crippen LogP contribution in [-0.4, -0.2) is 31.1 Å². The number of H-pyrrole nitrogens is 1.